The van der Waals surface area contributed by atoms with Gasteiger partial charge in [-0.1, -0.05) is 32.1 Å². The maximum absolute atomic E-state index is 3.62. The quantitative estimate of drug-likeness (QED) is 0.678. The molecule has 1 heterocycles. The molecular weight excluding hydrogens is 196 g/mol. The Bertz CT molecular complexity index is 170. The second-order valence-corrected chi connectivity index (χ2v) is 5.62. The van der Waals surface area contributed by atoms with Crippen LogP contribution in [-0.2, 0) is 0 Å². The van der Waals surface area contributed by atoms with Crippen molar-refractivity contribution in [3.8, 4) is 0 Å². The maximum atomic E-state index is 3.62. The summed E-state index contributed by atoms with van der Waals surface area (Å²) in [4.78, 5) is 0. The molecule has 2 nitrogen and oxygen atoms in total. The lowest BCUT2D eigenvalue weighted by Crippen LogP contribution is -2.36. The van der Waals surface area contributed by atoms with Crippen LogP contribution in [-0.4, -0.2) is 25.7 Å². The van der Waals surface area contributed by atoms with Crippen molar-refractivity contribution >= 4 is 0 Å². The molecule has 2 rings (SSSR count). The molecule has 2 aliphatic rings. The first-order valence-corrected chi connectivity index (χ1v) is 7.39. The lowest BCUT2D eigenvalue weighted by atomic mass is 10.0. The van der Waals surface area contributed by atoms with E-state index in [2.05, 4.69) is 10.6 Å². The van der Waals surface area contributed by atoms with Crippen molar-refractivity contribution in [3.63, 3.8) is 0 Å². The first kappa shape index (κ1) is 12.4. The molecule has 0 amide bonds. The minimum absolute atomic E-state index is 0.799. The lowest BCUT2D eigenvalue weighted by Gasteiger charge is -2.23. The molecule has 1 aliphatic heterocycles. The van der Waals surface area contributed by atoms with Crippen LogP contribution in [0.1, 0.15) is 57.8 Å². The van der Waals surface area contributed by atoms with E-state index in [1.807, 2.05) is 0 Å². The molecule has 1 aliphatic carbocycles. The average Bonchev–Trinajstić information content (AvgIpc) is 2.83. The van der Waals surface area contributed by atoms with Gasteiger partial charge in [-0.05, 0) is 51.2 Å². The second-order valence-electron chi connectivity index (χ2n) is 5.62. The van der Waals surface area contributed by atoms with Gasteiger partial charge in [0.1, 0.15) is 0 Å². The van der Waals surface area contributed by atoms with Crippen molar-refractivity contribution in [2.45, 2.75) is 63.8 Å². The van der Waals surface area contributed by atoms with Crippen LogP contribution >= 0.6 is 0 Å². The summed E-state index contributed by atoms with van der Waals surface area (Å²) in [5.74, 6) is 1.04. The summed E-state index contributed by atoms with van der Waals surface area (Å²) >= 11 is 0. The lowest BCUT2D eigenvalue weighted by molar-refractivity contribution is 0.372. The highest BCUT2D eigenvalue weighted by molar-refractivity contribution is 4.73. The van der Waals surface area contributed by atoms with E-state index in [-0.39, 0.29) is 0 Å². The number of piperidine rings is 1. The molecule has 0 spiro atoms. The first-order chi connectivity index (χ1) is 7.95. The Hall–Kier alpha value is -0.0800. The van der Waals surface area contributed by atoms with Crippen molar-refractivity contribution in [1.82, 2.24) is 10.6 Å². The van der Waals surface area contributed by atoms with E-state index in [1.165, 1.54) is 77.4 Å². The van der Waals surface area contributed by atoms with Crippen LogP contribution in [0.2, 0.25) is 0 Å². The molecule has 0 radical (unpaired) electrons. The summed E-state index contributed by atoms with van der Waals surface area (Å²) in [7, 11) is 0. The molecule has 1 saturated heterocycles. The van der Waals surface area contributed by atoms with Gasteiger partial charge < -0.3 is 10.6 Å². The third kappa shape index (κ3) is 4.42. The van der Waals surface area contributed by atoms with Crippen molar-refractivity contribution in [3.05, 3.63) is 0 Å². The zero-order chi connectivity index (χ0) is 11.1. The molecule has 2 fully saturated rings. The van der Waals surface area contributed by atoms with E-state index in [0.717, 1.165) is 12.0 Å². The Morgan fingerprint density at radius 1 is 0.875 bits per heavy atom. The molecule has 2 heteroatoms. The molecule has 1 atom stereocenters. The predicted octanol–water partition coefficient (Wildman–Crippen LogP) is 2.69. The SMILES string of the molecule is C1CCC(CCNCCC2CCCC2)NC1. The predicted molar refractivity (Wildman–Crippen MR) is 69.7 cm³/mol. The van der Waals surface area contributed by atoms with Gasteiger partial charge in [0.05, 0.1) is 0 Å². The van der Waals surface area contributed by atoms with E-state index in [0.29, 0.717) is 0 Å². The fourth-order valence-electron chi connectivity index (χ4n) is 3.18. The van der Waals surface area contributed by atoms with Crippen molar-refractivity contribution < 1.29 is 0 Å². The molecule has 1 unspecified atom stereocenters. The highest BCUT2D eigenvalue weighted by atomic mass is 14.9. The first-order valence-electron chi connectivity index (χ1n) is 7.39. The van der Waals surface area contributed by atoms with E-state index >= 15 is 0 Å². The standard InChI is InChI=1S/C14H28N2/c1-2-6-13(5-1)8-11-15-12-9-14-7-3-4-10-16-14/h13-16H,1-12H2. The summed E-state index contributed by atoms with van der Waals surface area (Å²) in [6.45, 7) is 3.70. The number of hydrogen-bond acceptors (Lipinski definition) is 2. The molecular formula is C14H28N2. The van der Waals surface area contributed by atoms with Gasteiger partial charge in [-0.2, -0.15) is 0 Å². The van der Waals surface area contributed by atoms with Gasteiger partial charge in [0.2, 0.25) is 0 Å². The molecule has 16 heavy (non-hydrogen) atoms. The monoisotopic (exact) mass is 224 g/mol. The van der Waals surface area contributed by atoms with Crippen molar-refractivity contribution in [1.29, 1.82) is 0 Å². The Kier molecular flexibility index (Phi) is 5.64. The molecule has 0 aromatic heterocycles. The minimum Gasteiger partial charge on any atom is -0.317 e. The maximum Gasteiger partial charge on any atom is 0.00791 e. The third-order valence-electron chi connectivity index (χ3n) is 4.29. The molecule has 2 N–H and O–H groups in total. The van der Waals surface area contributed by atoms with Crippen LogP contribution < -0.4 is 10.6 Å². The highest BCUT2D eigenvalue weighted by Gasteiger charge is 2.14. The fraction of sp³-hybridized carbons (Fsp3) is 1.00. The number of rotatable bonds is 6. The summed E-state index contributed by atoms with van der Waals surface area (Å²) in [5.41, 5.74) is 0. The zero-order valence-corrected chi connectivity index (χ0v) is 10.6. The Morgan fingerprint density at radius 2 is 1.62 bits per heavy atom. The van der Waals surface area contributed by atoms with Crippen LogP contribution in [0.25, 0.3) is 0 Å². The Balaban J connectivity index is 1.42. The molecule has 0 bridgehead atoms. The highest BCUT2D eigenvalue weighted by Crippen LogP contribution is 2.26. The molecule has 0 aromatic rings. The summed E-state index contributed by atoms with van der Waals surface area (Å²) in [6.07, 6.45) is 12.9. The van der Waals surface area contributed by atoms with Crippen LogP contribution in [0.4, 0.5) is 0 Å². The van der Waals surface area contributed by atoms with Gasteiger partial charge in [-0.25, -0.2) is 0 Å². The number of nitrogens with one attached hydrogen (secondary N) is 2. The minimum atomic E-state index is 0.799. The van der Waals surface area contributed by atoms with E-state index in [9.17, 15) is 0 Å². The summed E-state index contributed by atoms with van der Waals surface area (Å²) in [5, 5.41) is 7.23. The fourth-order valence-corrected chi connectivity index (χ4v) is 3.18. The Morgan fingerprint density at radius 3 is 2.38 bits per heavy atom. The molecule has 94 valence electrons. The Labute approximate surface area is 101 Å². The zero-order valence-electron chi connectivity index (χ0n) is 10.6. The van der Waals surface area contributed by atoms with Crippen LogP contribution in [0.5, 0.6) is 0 Å². The van der Waals surface area contributed by atoms with Gasteiger partial charge in [-0.15, -0.1) is 0 Å². The summed E-state index contributed by atoms with van der Waals surface area (Å²) < 4.78 is 0. The number of hydrogen-bond donors (Lipinski definition) is 2. The normalized spacial score (nSPS) is 27.4. The van der Waals surface area contributed by atoms with E-state index in [4.69, 9.17) is 0 Å². The van der Waals surface area contributed by atoms with Gasteiger partial charge in [0.15, 0.2) is 0 Å². The topological polar surface area (TPSA) is 24.1 Å². The summed E-state index contributed by atoms with van der Waals surface area (Å²) in [6, 6.07) is 0.799. The second kappa shape index (κ2) is 7.29. The van der Waals surface area contributed by atoms with Gasteiger partial charge >= 0.3 is 0 Å². The third-order valence-corrected chi connectivity index (χ3v) is 4.29. The molecule has 1 saturated carbocycles. The van der Waals surface area contributed by atoms with Crippen LogP contribution in [0.15, 0.2) is 0 Å². The largest absolute Gasteiger partial charge is 0.317 e. The molecule has 0 aromatic carbocycles. The average molecular weight is 224 g/mol. The van der Waals surface area contributed by atoms with Crippen LogP contribution in [0, 0.1) is 5.92 Å². The van der Waals surface area contributed by atoms with Gasteiger partial charge in [-0.3, -0.25) is 0 Å². The van der Waals surface area contributed by atoms with Crippen molar-refractivity contribution in [2.24, 2.45) is 5.92 Å². The van der Waals surface area contributed by atoms with Gasteiger partial charge in [0, 0.05) is 6.04 Å². The van der Waals surface area contributed by atoms with E-state index < -0.39 is 0 Å². The van der Waals surface area contributed by atoms with Crippen molar-refractivity contribution in [2.75, 3.05) is 19.6 Å². The van der Waals surface area contributed by atoms with Crippen LogP contribution in [0.3, 0.4) is 0 Å². The van der Waals surface area contributed by atoms with E-state index in [1.54, 1.807) is 0 Å². The van der Waals surface area contributed by atoms with Gasteiger partial charge in [0.25, 0.3) is 0 Å². The smallest absolute Gasteiger partial charge is 0.00791 e.